The first-order chi connectivity index (χ1) is 17.4. The second-order valence-electron chi connectivity index (χ2n) is 11.1. The molecule has 37 heavy (non-hydrogen) atoms. The van der Waals surface area contributed by atoms with Gasteiger partial charge in [0.05, 0.1) is 30.4 Å². The summed E-state index contributed by atoms with van der Waals surface area (Å²) in [5, 5.41) is 0. The highest BCUT2D eigenvalue weighted by Crippen LogP contribution is 2.33. The van der Waals surface area contributed by atoms with E-state index in [1.165, 1.54) is 17.4 Å². The van der Waals surface area contributed by atoms with Crippen molar-refractivity contribution in [3.63, 3.8) is 0 Å². The zero-order valence-electron chi connectivity index (χ0n) is 21.9. The van der Waals surface area contributed by atoms with Gasteiger partial charge < -0.3 is 18.9 Å². The second kappa shape index (κ2) is 11.3. The normalized spacial score (nSPS) is 22.0. The Hall–Kier alpha value is -2.17. The number of likely N-dealkylation sites (tertiary alicyclic amines) is 1. The molecule has 0 aliphatic carbocycles. The van der Waals surface area contributed by atoms with Gasteiger partial charge in [0.1, 0.15) is 5.75 Å². The molecule has 4 rings (SSSR count). The van der Waals surface area contributed by atoms with E-state index in [0.29, 0.717) is 24.6 Å². The molecule has 0 N–H and O–H groups in total. The predicted octanol–water partition coefficient (Wildman–Crippen LogP) is 5.51. The van der Waals surface area contributed by atoms with Crippen LogP contribution in [0.5, 0.6) is 5.75 Å². The van der Waals surface area contributed by atoms with E-state index in [-0.39, 0.29) is 28.7 Å². The van der Waals surface area contributed by atoms with Crippen molar-refractivity contribution < 1.29 is 27.4 Å². The van der Waals surface area contributed by atoms with Crippen LogP contribution < -0.4 is 9.54 Å². The smallest absolute Gasteiger partial charge is 0.416 e. The van der Waals surface area contributed by atoms with Gasteiger partial charge in [-0.1, -0.05) is 20.8 Å². The van der Waals surface area contributed by atoms with Crippen molar-refractivity contribution in [2.45, 2.75) is 70.7 Å². The number of halogens is 3. The summed E-state index contributed by atoms with van der Waals surface area (Å²) >= 11 is 1.38. The monoisotopic (exact) mass is 539 g/mol. The molecule has 0 unspecified atom stereocenters. The van der Waals surface area contributed by atoms with Gasteiger partial charge >= 0.3 is 6.18 Å². The lowest BCUT2D eigenvalue weighted by atomic mass is 9.95. The van der Waals surface area contributed by atoms with Gasteiger partial charge in [-0.2, -0.15) is 18.2 Å². The van der Waals surface area contributed by atoms with Crippen LogP contribution in [0.25, 0.3) is 0 Å². The maximum atomic E-state index is 13.5. The number of ether oxygens (including phenoxy) is 2. The molecule has 1 amide bonds. The van der Waals surface area contributed by atoms with E-state index in [1.807, 2.05) is 17.8 Å². The van der Waals surface area contributed by atoms with E-state index in [9.17, 15) is 18.0 Å². The lowest BCUT2D eigenvalue weighted by Crippen LogP contribution is -2.34. The SMILES string of the molecule is CN1CCC[C@H](COc2ccc(C(F)(F)F)cc2C(=O)/N=c2\sc(C(C)(C)C)cn2C[C@H]2CCCO2)C1. The number of nitrogens with zero attached hydrogens (tertiary/aromatic N) is 3. The van der Waals surface area contributed by atoms with Crippen molar-refractivity contribution in [2.24, 2.45) is 10.9 Å². The maximum absolute atomic E-state index is 13.5. The van der Waals surface area contributed by atoms with Crippen molar-refractivity contribution >= 4 is 17.2 Å². The Morgan fingerprint density at radius 3 is 2.65 bits per heavy atom. The summed E-state index contributed by atoms with van der Waals surface area (Å²) in [5.41, 5.74) is -1.24. The highest BCUT2D eigenvalue weighted by atomic mass is 32.1. The molecule has 1 aromatic heterocycles. The number of amides is 1. The van der Waals surface area contributed by atoms with E-state index in [4.69, 9.17) is 9.47 Å². The lowest BCUT2D eigenvalue weighted by molar-refractivity contribution is -0.137. The molecule has 0 radical (unpaired) electrons. The number of carbonyl (C=O) groups excluding carboxylic acids is 1. The predicted molar refractivity (Wildman–Crippen MR) is 137 cm³/mol. The van der Waals surface area contributed by atoms with Crippen LogP contribution in [-0.4, -0.2) is 54.8 Å². The van der Waals surface area contributed by atoms with E-state index in [1.54, 1.807) is 0 Å². The zero-order chi connectivity index (χ0) is 26.8. The Labute approximate surface area is 220 Å². The van der Waals surface area contributed by atoms with Crippen LogP contribution in [0.1, 0.15) is 67.3 Å². The fourth-order valence-electron chi connectivity index (χ4n) is 4.72. The van der Waals surface area contributed by atoms with Crippen LogP contribution in [-0.2, 0) is 22.9 Å². The Bertz CT molecular complexity index is 1160. The molecule has 2 aliphatic heterocycles. The van der Waals surface area contributed by atoms with Crippen molar-refractivity contribution in [3.8, 4) is 5.75 Å². The number of rotatable bonds is 6. The van der Waals surface area contributed by atoms with Gasteiger partial charge in [-0.3, -0.25) is 4.79 Å². The van der Waals surface area contributed by atoms with Crippen LogP contribution >= 0.6 is 11.3 Å². The minimum atomic E-state index is -4.58. The first-order valence-corrected chi connectivity index (χ1v) is 13.7. The average molecular weight is 540 g/mol. The second-order valence-corrected chi connectivity index (χ2v) is 12.1. The molecule has 3 heterocycles. The molecule has 1 aromatic carbocycles. The number of hydrogen-bond donors (Lipinski definition) is 0. The molecule has 2 aromatic rings. The summed E-state index contributed by atoms with van der Waals surface area (Å²) in [6, 6.07) is 3.06. The summed E-state index contributed by atoms with van der Waals surface area (Å²) < 4.78 is 54.2. The maximum Gasteiger partial charge on any atom is 0.416 e. The fourth-order valence-corrected chi connectivity index (χ4v) is 5.77. The fraction of sp³-hybridized carbons (Fsp3) is 0.630. The highest BCUT2D eigenvalue weighted by Gasteiger charge is 2.32. The average Bonchev–Trinajstić information content (AvgIpc) is 3.47. The van der Waals surface area contributed by atoms with Crippen molar-refractivity contribution in [2.75, 3.05) is 33.4 Å². The first-order valence-electron chi connectivity index (χ1n) is 12.8. The topological polar surface area (TPSA) is 56.1 Å². The van der Waals surface area contributed by atoms with Crippen LogP contribution in [0.3, 0.4) is 0 Å². The van der Waals surface area contributed by atoms with E-state index >= 15 is 0 Å². The molecular formula is C27H36F3N3O3S. The third kappa shape index (κ3) is 7.23. The van der Waals surface area contributed by atoms with Crippen LogP contribution in [0, 0.1) is 5.92 Å². The lowest BCUT2D eigenvalue weighted by Gasteiger charge is -2.29. The minimum absolute atomic E-state index is 0.0255. The molecule has 0 saturated carbocycles. The Morgan fingerprint density at radius 2 is 2.00 bits per heavy atom. The Kier molecular flexibility index (Phi) is 8.50. The number of piperidine rings is 1. The molecular weight excluding hydrogens is 503 g/mol. The molecule has 2 saturated heterocycles. The molecule has 204 valence electrons. The number of aromatic nitrogens is 1. The Balaban J connectivity index is 1.67. The Morgan fingerprint density at radius 1 is 1.22 bits per heavy atom. The molecule has 10 heteroatoms. The van der Waals surface area contributed by atoms with Gasteiger partial charge in [-0.15, -0.1) is 11.3 Å². The number of thiazole rings is 1. The third-order valence-electron chi connectivity index (χ3n) is 6.81. The van der Waals surface area contributed by atoms with Gasteiger partial charge in [0, 0.05) is 30.1 Å². The number of benzene rings is 1. The molecule has 6 nitrogen and oxygen atoms in total. The summed E-state index contributed by atoms with van der Waals surface area (Å²) in [6.45, 7) is 9.66. The highest BCUT2D eigenvalue weighted by molar-refractivity contribution is 7.09. The van der Waals surface area contributed by atoms with E-state index in [2.05, 4.69) is 30.7 Å². The quantitative estimate of drug-likeness (QED) is 0.486. The molecule has 2 atom stereocenters. The summed E-state index contributed by atoms with van der Waals surface area (Å²) in [4.78, 5) is 21.4. The number of hydrogen-bond acceptors (Lipinski definition) is 5. The van der Waals surface area contributed by atoms with Crippen molar-refractivity contribution in [1.29, 1.82) is 0 Å². The van der Waals surface area contributed by atoms with Crippen LogP contribution in [0.2, 0.25) is 0 Å². The molecule has 2 aliphatic rings. The van der Waals surface area contributed by atoms with E-state index < -0.39 is 17.6 Å². The summed E-state index contributed by atoms with van der Waals surface area (Å²) in [6.07, 6.45) is 1.34. The zero-order valence-corrected chi connectivity index (χ0v) is 22.8. The van der Waals surface area contributed by atoms with Gasteiger partial charge in [0.2, 0.25) is 0 Å². The number of carbonyl (C=O) groups is 1. The molecule has 0 spiro atoms. The minimum Gasteiger partial charge on any atom is -0.492 e. The summed E-state index contributed by atoms with van der Waals surface area (Å²) in [5.74, 6) is -0.361. The standard InChI is InChI=1S/C27H36F3N3O3S/c1-26(2,3)23-16-33(15-20-8-6-12-35-20)25(37-23)31-24(34)21-13-19(27(28,29)30)9-10-22(21)36-17-18-7-5-11-32(4)14-18/h9-10,13,16,18,20H,5-8,11-12,14-15,17H2,1-4H3/b31-25-/t18-,20+/m0/s1. The summed E-state index contributed by atoms with van der Waals surface area (Å²) in [7, 11) is 2.04. The number of alkyl halides is 3. The first kappa shape index (κ1) is 27.9. The van der Waals surface area contributed by atoms with E-state index in [0.717, 1.165) is 55.8 Å². The van der Waals surface area contributed by atoms with Crippen molar-refractivity contribution in [3.05, 3.63) is 45.2 Å². The van der Waals surface area contributed by atoms with Crippen molar-refractivity contribution in [1.82, 2.24) is 9.47 Å². The molecule has 2 fully saturated rings. The van der Waals surface area contributed by atoms with Crippen LogP contribution in [0.15, 0.2) is 29.4 Å². The molecule has 0 bridgehead atoms. The van der Waals surface area contributed by atoms with Gasteiger partial charge in [0.25, 0.3) is 5.91 Å². The largest absolute Gasteiger partial charge is 0.492 e. The van der Waals surface area contributed by atoms with Gasteiger partial charge in [-0.25, -0.2) is 0 Å². The van der Waals surface area contributed by atoms with Gasteiger partial charge in [-0.05, 0) is 62.9 Å². The van der Waals surface area contributed by atoms with Crippen LogP contribution in [0.4, 0.5) is 13.2 Å². The van der Waals surface area contributed by atoms with Gasteiger partial charge in [0.15, 0.2) is 4.80 Å². The third-order valence-corrected chi connectivity index (χ3v) is 8.26.